The van der Waals surface area contributed by atoms with E-state index in [1.165, 1.54) is 26.2 Å². The smallest absolute Gasteiger partial charge is 0.255 e. The van der Waals surface area contributed by atoms with E-state index in [0.29, 0.717) is 22.0 Å². The summed E-state index contributed by atoms with van der Waals surface area (Å²) in [7, 11) is 0. The van der Waals surface area contributed by atoms with E-state index in [-0.39, 0.29) is 11.8 Å². The summed E-state index contributed by atoms with van der Waals surface area (Å²) in [6, 6.07) is 12.4. The third-order valence-electron chi connectivity index (χ3n) is 4.37. The first-order valence-corrected chi connectivity index (χ1v) is 9.14. The number of anilines is 3. The van der Waals surface area contributed by atoms with Crippen LogP contribution in [0.4, 0.5) is 17.1 Å². The van der Waals surface area contributed by atoms with Crippen LogP contribution in [0.5, 0.6) is 0 Å². The van der Waals surface area contributed by atoms with Crippen molar-refractivity contribution in [1.82, 2.24) is 0 Å². The lowest BCUT2D eigenvalue weighted by atomic mass is 10.1. The maximum Gasteiger partial charge on any atom is 0.255 e. The molecule has 0 saturated carbocycles. The Morgan fingerprint density at radius 1 is 0.923 bits per heavy atom. The Morgan fingerprint density at radius 2 is 1.58 bits per heavy atom. The zero-order valence-electron chi connectivity index (χ0n) is 14.7. The number of rotatable bonds is 4. The number of piperidine rings is 1. The molecule has 0 aromatic heterocycles. The van der Waals surface area contributed by atoms with Crippen LogP contribution in [0.15, 0.2) is 42.5 Å². The summed E-state index contributed by atoms with van der Waals surface area (Å²) in [6.45, 7) is 3.48. The van der Waals surface area contributed by atoms with Crippen LogP contribution in [0.25, 0.3) is 0 Å². The molecule has 6 heteroatoms. The van der Waals surface area contributed by atoms with Crippen molar-refractivity contribution < 1.29 is 9.59 Å². The van der Waals surface area contributed by atoms with Crippen LogP contribution in [0.1, 0.15) is 36.5 Å². The number of nitrogens with one attached hydrogen (secondary N) is 2. The molecule has 0 atom stereocenters. The van der Waals surface area contributed by atoms with Gasteiger partial charge in [-0.2, -0.15) is 0 Å². The predicted molar refractivity (Wildman–Crippen MR) is 106 cm³/mol. The second-order valence-electron chi connectivity index (χ2n) is 6.43. The van der Waals surface area contributed by atoms with Crippen LogP contribution in [-0.2, 0) is 4.79 Å². The van der Waals surface area contributed by atoms with Gasteiger partial charge in [-0.1, -0.05) is 11.6 Å². The fourth-order valence-corrected chi connectivity index (χ4v) is 3.39. The van der Waals surface area contributed by atoms with Crippen LogP contribution >= 0.6 is 11.6 Å². The Kier molecular flexibility index (Phi) is 5.78. The standard InChI is InChI=1S/C20H22ClN3O2/c1-14(25)22-16-7-5-15(6-8-16)20(26)23-17-9-10-19(18(21)13-17)24-11-3-2-4-12-24/h5-10,13H,2-4,11-12H2,1H3,(H,22,25)(H,23,26). The Morgan fingerprint density at radius 3 is 2.19 bits per heavy atom. The highest BCUT2D eigenvalue weighted by Crippen LogP contribution is 2.31. The van der Waals surface area contributed by atoms with E-state index in [1.807, 2.05) is 12.1 Å². The van der Waals surface area contributed by atoms with Gasteiger partial charge in [0.05, 0.1) is 10.7 Å². The first-order chi connectivity index (χ1) is 12.5. The number of amides is 2. The Balaban J connectivity index is 1.67. The molecule has 2 N–H and O–H groups in total. The maximum absolute atomic E-state index is 12.4. The van der Waals surface area contributed by atoms with Gasteiger partial charge in [-0.25, -0.2) is 0 Å². The van der Waals surface area contributed by atoms with Gasteiger partial charge >= 0.3 is 0 Å². The number of nitrogens with zero attached hydrogens (tertiary/aromatic N) is 1. The van der Waals surface area contributed by atoms with Gasteiger partial charge in [0.2, 0.25) is 5.91 Å². The average Bonchev–Trinajstić information content (AvgIpc) is 2.62. The number of hydrogen-bond donors (Lipinski definition) is 2. The Bertz CT molecular complexity index is 799. The van der Waals surface area contributed by atoms with Gasteiger partial charge in [-0.05, 0) is 61.7 Å². The highest BCUT2D eigenvalue weighted by molar-refractivity contribution is 6.33. The molecule has 0 aliphatic carbocycles. The third kappa shape index (κ3) is 4.55. The summed E-state index contributed by atoms with van der Waals surface area (Å²) in [5.74, 6) is -0.369. The van der Waals surface area contributed by atoms with Crippen LogP contribution < -0.4 is 15.5 Å². The van der Waals surface area contributed by atoms with Gasteiger partial charge in [0, 0.05) is 37.0 Å². The largest absolute Gasteiger partial charge is 0.370 e. The van der Waals surface area contributed by atoms with Gasteiger partial charge in [0.1, 0.15) is 0 Å². The molecule has 1 fully saturated rings. The zero-order valence-corrected chi connectivity index (χ0v) is 15.5. The van der Waals surface area contributed by atoms with Crippen molar-refractivity contribution >= 4 is 40.5 Å². The van der Waals surface area contributed by atoms with Crippen molar-refractivity contribution in [3.8, 4) is 0 Å². The Labute approximate surface area is 158 Å². The minimum atomic E-state index is -0.221. The highest BCUT2D eigenvalue weighted by atomic mass is 35.5. The molecule has 1 heterocycles. The molecular weight excluding hydrogens is 350 g/mol. The lowest BCUT2D eigenvalue weighted by Gasteiger charge is -2.29. The molecule has 2 aromatic rings. The van der Waals surface area contributed by atoms with Gasteiger partial charge in [-0.15, -0.1) is 0 Å². The van der Waals surface area contributed by atoms with E-state index >= 15 is 0 Å². The summed E-state index contributed by atoms with van der Waals surface area (Å²) < 4.78 is 0. The van der Waals surface area contributed by atoms with Crippen molar-refractivity contribution in [2.45, 2.75) is 26.2 Å². The monoisotopic (exact) mass is 371 g/mol. The fraction of sp³-hybridized carbons (Fsp3) is 0.300. The molecule has 0 bridgehead atoms. The van der Waals surface area contributed by atoms with E-state index in [4.69, 9.17) is 11.6 Å². The third-order valence-corrected chi connectivity index (χ3v) is 4.67. The maximum atomic E-state index is 12.4. The molecule has 26 heavy (non-hydrogen) atoms. The molecule has 3 rings (SSSR count). The van der Waals surface area contributed by atoms with Gasteiger partial charge in [0.25, 0.3) is 5.91 Å². The first kappa shape index (κ1) is 18.3. The van der Waals surface area contributed by atoms with Crippen LogP contribution in [0, 0.1) is 0 Å². The first-order valence-electron chi connectivity index (χ1n) is 8.76. The molecule has 136 valence electrons. The van der Waals surface area contributed by atoms with E-state index in [2.05, 4.69) is 15.5 Å². The van der Waals surface area contributed by atoms with E-state index in [0.717, 1.165) is 18.8 Å². The minimum Gasteiger partial charge on any atom is -0.370 e. The molecule has 1 aliphatic rings. The average molecular weight is 372 g/mol. The lowest BCUT2D eigenvalue weighted by Crippen LogP contribution is -2.29. The number of hydrogen-bond acceptors (Lipinski definition) is 3. The lowest BCUT2D eigenvalue weighted by molar-refractivity contribution is -0.114. The van der Waals surface area contributed by atoms with Crippen molar-refractivity contribution in [2.75, 3.05) is 28.6 Å². The second kappa shape index (κ2) is 8.23. The van der Waals surface area contributed by atoms with Crippen LogP contribution in [0.2, 0.25) is 5.02 Å². The van der Waals surface area contributed by atoms with Crippen LogP contribution in [0.3, 0.4) is 0 Å². The zero-order chi connectivity index (χ0) is 18.5. The molecule has 1 saturated heterocycles. The molecule has 1 aliphatic heterocycles. The molecule has 2 aromatic carbocycles. The molecule has 0 spiro atoms. The van der Waals surface area contributed by atoms with Gasteiger partial charge < -0.3 is 15.5 Å². The van der Waals surface area contributed by atoms with Crippen molar-refractivity contribution in [3.63, 3.8) is 0 Å². The summed E-state index contributed by atoms with van der Waals surface area (Å²) in [5.41, 5.74) is 2.84. The van der Waals surface area contributed by atoms with Crippen molar-refractivity contribution in [2.24, 2.45) is 0 Å². The molecule has 0 unspecified atom stereocenters. The number of carbonyl (C=O) groups is 2. The van der Waals surface area contributed by atoms with Crippen LogP contribution in [-0.4, -0.2) is 24.9 Å². The summed E-state index contributed by atoms with van der Waals surface area (Å²) >= 11 is 6.43. The molecule has 5 nitrogen and oxygen atoms in total. The predicted octanol–water partition coefficient (Wildman–Crippen LogP) is 4.54. The van der Waals surface area contributed by atoms with Gasteiger partial charge in [-0.3, -0.25) is 9.59 Å². The minimum absolute atomic E-state index is 0.148. The quantitative estimate of drug-likeness (QED) is 0.829. The number of carbonyl (C=O) groups excluding carboxylic acids is 2. The van der Waals surface area contributed by atoms with E-state index < -0.39 is 0 Å². The fourth-order valence-electron chi connectivity index (χ4n) is 3.09. The summed E-state index contributed by atoms with van der Waals surface area (Å²) in [5, 5.41) is 6.18. The molecule has 2 amide bonds. The second-order valence-corrected chi connectivity index (χ2v) is 6.83. The summed E-state index contributed by atoms with van der Waals surface area (Å²) in [4.78, 5) is 25.7. The normalized spacial score (nSPS) is 14.0. The molecule has 0 radical (unpaired) electrons. The van der Waals surface area contributed by atoms with Crippen molar-refractivity contribution in [3.05, 3.63) is 53.1 Å². The number of halogens is 1. The SMILES string of the molecule is CC(=O)Nc1ccc(C(=O)Nc2ccc(N3CCCCC3)c(Cl)c2)cc1. The summed E-state index contributed by atoms with van der Waals surface area (Å²) in [6.07, 6.45) is 3.63. The number of benzene rings is 2. The Hall–Kier alpha value is -2.53. The van der Waals surface area contributed by atoms with Crippen molar-refractivity contribution in [1.29, 1.82) is 0 Å². The topological polar surface area (TPSA) is 61.4 Å². The highest BCUT2D eigenvalue weighted by Gasteiger charge is 2.15. The van der Waals surface area contributed by atoms with Gasteiger partial charge in [0.15, 0.2) is 0 Å². The van der Waals surface area contributed by atoms with E-state index in [9.17, 15) is 9.59 Å². The molecular formula is C20H22ClN3O2. The van der Waals surface area contributed by atoms with E-state index in [1.54, 1.807) is 30.3 Å².